The standard InChI is InChI=1S/C25H25N5O3/c1-25(2,3)33-24(32)28-20-9-5-17(6-10-20)15-22(31)27-19-11-7-18(8-12-19)21-16-30-14-4-13-26-23(30)29-21/h4-14,16H,15H2,1-3H3,(H,27,31)(H,28,32). The van der Waals surface area contributed by atoms with E-state index in [0.717, 1.165) is 16.8 Å². The van der Waals surface area contributed by atoms with Crippen molar-refractivity contribution in [1.29, 1.82) is 0 Å². The van der Waals surface area contributed by atoms with Gasteiger partial charge in [-0.3, -0.25) is 14.5 Å². The van der Waals surface area contributed by atoms with Crippen molar-refractivity contribution in [3.63, 3.8) is 0 Å². The number of fused-ring (bicyclic) bond motifs is 1. The van der Waals surface area contributed by atoms with E-state index in [-0.39, 0.29) is 12.3 Å². The third-order valence-corrected chi connectivity index (χ3v) is 4.66. The molecule has 2 heterocycles. The number of rotatable bonds is 5. The highest BCUT2D eigenvalue weighted by Gasteiger charge is 2.16. The minimum absolute atomic E-state index is 0.132. The van der Waals surface area contributed by atoms with Crippen molar-refractivity contribution >= 4 is 29.2 Å². The van der Waals surface area contributed by atoms with Gasteiger partial charge < -0.3 is 10.1 Å². The maximum atomic E-state index is 12.4. The van der Waals surface area contributed by atoms with Crippen molar-refractivity contribution in [2.75, 3.05) is 10.6 Å². The van der Waals surface area contributed by atoms with Crippen LogP contribution in [-0.4, -0.2) is 32.0 Å². The van der Waals surface area contributed by atoms with E-state index in [9.17, 15) is 9.59 Å². The number of anilines is 2. The van der Waals surface area contributed by atoms with Gasteiger partial charge in [0.1, 0.15) is 5.60 Å². The first-order chi connectivity index (χ1) is 15.7. The second-order valence-electron chi connectivity index (χ2n) is 8.58. The molecule has 0 atom stereocenters. The number of imidazole rings is 1. The van der Waals surface area contributed by atoms with Crippen LogP contribution in [0.25, 0.3) is 17.0 Å². The highest BCUT2D eigenvalue weighted by atomic mass is 16.6. The summed E-state index contributed by atoms with van der Waals surface area (Å²) < 4.78 is 7.09. The van der Waals surface area contributed by atoms with Crippen molar-refractivity contribution in [2.24, 2.45) is 0 Å². The number of carbonyl (C=O) groups is 2. The topological polar surface area (TPSA) is 97.6 Å². The first-order valence-corrected chi connectivity index (χ1v) is 10.5. The molecule has 4 aromatic rings. The predicted octanol–water partition coefficient (Wildman–Crippen LogP) is 4.92. The molecule has 168 valence electrons. The summed E-state index contributed by atoms with van der Waals surface area (Å²) in [5, 5.41) is 5.58. The maximum absolute atomic E-state index is 12.4. The van der Waals surface area contributed by atoms with Gasteiger partial charge in [0.25, 0.3) is 0 Å². The van der Waals surface area contributed by atoms with Gasteiger partial charge in [-0.25, -0.2) is 14.8 Å². The van der Waals surface area contributed by atoms with Crippen LogP contribution >= 0.6 is 0 Å². The summed E-state index contributed by atoms with van der Waals surface area (Å²) in [5.74, 6) is 0.504. The van der Waals surface area contributed by atoms with Crippen molar-refractivity contribution in [3.05, 3.63) is 78.8 Å². The molecule has 2 aromatic heterocycles. The summed E-state index contributed by atoms with van der Waals surface area (Å²) >= 11 is 0. The van der Waals surface area contributed by atoms with Gasteiger partial charge in [-0.1, -0.05) is 24.3 Å². The quantitative estimate of drug-likeness (QED) is 0.456. The van der Waals surface area contributed by atoms with Crippen molar-refractivity contribution in [2.45, 2.75) is 32.8 Å². The number of aromatic nitrogens is 3. The predicted molar refractivity (Wildman–Crippen MR) is 127 cm³/mol. The average molecular weight is 444 g/mol. The number of nitrogens with zero attached hydrogens (tertiary/aromatic N) is 3. The van der Waals surface area contributed by atoms with Gasteiger partial charge in [0.2, 0.25) is 11.7 Å². The summed E-state index contributed by atoms with van der Waals surface area (Å²) in [6.07, 6.45) is 5.21. The molecular formula is C25H25N5O3. The van der Waals surface area contributed by atoms with E-state index < -0.39 is 11.7 Å². The van der Waals surface area contributed by atoms with Crippen LogP contribution in [0.15, 0.2) is 73.2 Å². The molecule has 0 saturated carbocycles. The molecule has 0 spiro atoms. The number of hydrogen-bond donors (Lipinski definition) is 2. The summed E-state index contributed by atoms with van der Waals surface area (Å²) in [6.45, 7) is 5.41. The zero-order chi connectivity index (χ0) is 23.4. The molecule has 0 aliphatic heterocycles. The number of carbonyl (C=O) groups excluding carboxylic acids is 2. The molecule has 2 aromatic carbocycles. The zero-order valence-electron chi connectivity index (χ0n) is 18.7. The number of ether oxygens (including phenoxy) is 1. The molecule has 8 nitrogen and oxygen atoms in total. The van der Waals surface area contributed by atoms with Gasteiger partial charge in [-0.05, 0) is 56.7 Å². The fourth-order valence-corrected chi connectivity index (χ4v) is 3.21. The largest absolute Gasteiger partial charge is 0.444 e. The Labute approximate surface area is 191 Å². The third-order valence-electron chi connectivity index (χ3n) is 4.66. The Bertz CT molecular complexity index is 1240. The van der Waals surface area contributed by atoms with E-state index in [1.54, 1.807) is 51.2 Å². The van der Waals surface area contributed by atoms with Gasteiger partial charge in [-0.15, -0.1) is 0 Å². The van der Waals surface area contributed by atoms with E-state index in [1.807, 2.05) is 47.1 Å². The summed E-state index contributed by atoms with van der Waals surface area (Å²) in [7, 11) is 0. The third kappa shape index (κ3) is 5.94. The molecular weight excluding hydrogens is 418 g/mol. The second-order valence-corrected chi connectivity index (χ2v) is 8.58. The molecule has 0 aliphatic carbocycles. The molecule has 33 heavy (non-hydrogen) atoms. The Hall–Kier alpha value is -4.20. The molecule has 2 N–H and O–H groups in total. The fourth-order valence-electron chi connectivity index (χ4n) is 3.21. The SMILES string of the molecule is CC(C)(C)OC(=O)Nc1ccc(CC(=O)Nc2ccc(-c3cn4cccnc4n3)cc2)cc1. The van der Waals surface area contributed by atoms with E-state index in [4.69, 9.17) is 4.74 Å². The van der Waals surface area contributed by atoms with Crippen molar-refractivity contribution in [3.8, 4) is 11.3 Å². The first-order valence-electron chi connectivity index (χ1n) is 10.5. The van der Waals surface area contributed by atoms with Crippen LogP contribution in [0.3, 0.4) is 0 Å². The Morgan fingerprint density at radius 2 is 1.64 bits per heavy atom. The Morgan fingerprint density at radius 1 is 0.970 bits per heavy atom. The Morgan fingerprint density at radius 3 is 2.30 bits per heavy atom. The van der Waals surface area contributed by atoms with E-state index >= 15 is 0 Å². The van der Waals surface area contributed by atoms with Crippen LogP contribution in [0, 0.1) is 0 Å². The Kier molecular flexibility index (Phi) is 6.08. The van der Waals surface area contributed by atoms with Gasteiger partial charge in [-0.2, -0.15) is 0 Å². The van der Waals surface area contributed by atoms with Crippen LogP contribution in [0.4, 0.5) is 16.2 Å². The van der Waals surface area contributed by atoms with Gasteiger partial charge in [0.15, 0.2) is 0 Å². The minimum Gasteiger partial charge on any atom is -0.444 e. The molecule has 0 radical (unpaired) electrons. The smallest absolute Gasteiger partial charge is 0.412 e. The lowest BCUT2D eigenvalue weighted by atomic mass is 10.1. The number of amides is 2. The monoisotopic (exact) mass is 443 g/mol. The van der Waals surface area contributed by atoms with Gasteiger partial charge in [0, 0.05) is 35.5 Å². The highest BCUT2D eigenvalue weighted by Crippen LogP contribution is 2.21. The van der Waals surface area contributed by atoms with Gasteiger partial charge in [0.05, 0.1) is 12.1 Å². The number of nitrogens with one attached hydrogen (secondary N) is 2. The normalized spacial score (nSPS) is 11.2. The molecule has 0 saturated heterocycles. The number of benzene rings is 2. The van der Waals surface area contributed by atoms with Crippen LogP contribution in [0.2, 0.25) is 0 Å². The molecule has 4 rings (SSSR count). The lowest BCUT2D eigenvalue weighted by Gasteiger charge is -2.19. The van der Waals surface area contributed by atoms with Crippen LogP contribution in [0.1, 0.15) is 26.3 Å². The molecule has 0 aliphatic rings. The van der Waals surface area contributed by atoms with Crippen molar-refractivity contribution in [1.82, 2.24) is 14.4 Å². The molecule has 2 amide bonds. The van der Waals surface area contributed by atoms with Crippen LogP contribution < -0.4 is 10.6 Å². The Balaban J connectivity index is 1.32. The summed E-state index contributed by atoms with van der Waals surface area (Å²) in [6, 6.07) is 16.4. The summed E-state index contributed by atoms with van der Waals surface area (Å²) in [5.41, 5.74) is 3.32. The molecule has 0 fully saturated rings. The van der Waals surface area contributed by atoms with Crippen molar-refractivity contribution < 1.29 is 14.3 Å². The van der Waals surface area contributed by atoms with E-state index in [0.29, 0.717) is 17.2 Å². The minimum atomic E-state index is -0.565. The summed E-state index contributed by atoms with van der Waals surface area (Å²) in [4.78, 5) is 33.0. The van der Waals surface area contributed by atoms with E-state index in [2.05, 4.69) is 20.6 Å². The molecule has 0 bridgehead atoms. The van der Waals surface area contributed by atoms with Crippen LogP contribution in [-0.2, 0) is 16.0 Å². The zero-order valence-corrected chi connectivity index (χ0v) is 18.7. The lowest BCUT2D eigenvalue weighted by molar-refractivity contribution is -0.115. The fraction of sp³-hybridized carbons (Fsp3) is 0.200. The average Bonchev–Trinajstić information content (AvgIpc) is 3.18. The van der Waals surface area contributed by atoms with E-state index in [1.165, 1.54) is 0 Å². The maximum Gasteiger partial charge on any atom is 0.412 e. The highest BCUT2D eigenvalue weighted by molar-refractivity contribution is 5.92. The lowest BCUT2D eigenvalue weighted by Crippen LogP contribution is -2.27. The number of hydrogen-bond acceptors (Lipinski definition) is 5. The molecule has 8 heteroatoms. The molecule has 0 unspecified atom stereocenters. The second kappa shape index (κ2) is 9.12. The van der Waals surface area contributed by atoms with Gasteiger partial charge >= 0.3 is 6.09 Å². The first kappa shape index (κ1) is 22.0. The van der Waals surface area contributed by atoms with Crippen LogP contribution in [0.5, 0.6) is 0 Å².